The highest BCUT2D eigenvalue weighted by molar-refractivity contribution is 8.77. The predicted octanol–water partition coefficient (Wildman–Crippen LogP) is 4.35. The van der Waals surface area contributed by atoms with Crippen LogP contribution in [0.5, 0.6) is 0 Å². The molecule has 0 aromatic heterocycles. The van der Waals surface area contributed by atoms with Crippen molar-refractivity contribution in [2.75, 3.05) is 0 Å². The first-order valence-corrected chi connectivity index (χ1v) is 8.46. The SMILES string of the molecule is Cc1cc(C)cc(SS[C@@H]2CCCC[C@H]2O)c1. The lowest BCUT2D eigenvalue weighted by Crippen LogP contribution is -2.25. The zero-order chi connectivity index (χ0) is 12.3. The maximum atomic E-state index is 9.92. The molecule has 1 N–H and O–H groups in total. The van der Waals surface area contributed by atoms with E-state index in [0.29, 0.717) is 5.25 Å². The molecule has 1 aromatic rings. The lowest BCUT2D eigenvalue weighted by atomic mass is 9.97. The van der Waals surface area contributed by atoms with Crippen LogP contribution in [0.4, 0.5) is 0 Å². The molecule has 1 saturated carbocycles. The van der Waals surface area contributed by atoms with Crippen LogP contribution >= 0.6 is 21.6 Å². The second-order valence-corrected chi connectivity index (χ2v) is 7.41. The summed E-state index contributed by atoms with van der Waals surface area (Å²) in [6, 6.07) is 6.64. The molecule has 1 fully saturated rings. The van der Waals surface area contributed by atoms with E-state index in [9.17, 15) is 5.11 Å². The van der Waals surface area contributed by atoms with Gasteiger partial charge in [0.05, 0.1) is 6.10 Å². The number of aryl methyl sites for hydroxylation is 2. The zero-order valence-electron chi connectivity index (χ0n) is 10.5. The van der Waals surface area contributed by atoms with Gasteiger partial charge in [-0.3, -0.25) is 0 Å². The van der Waals surface area contributed by atoms with Crippen molar-refractivity contribution < 1.29 is 5.11 Å². The quantitative estimate of drug-likeness (QED) is 0.823. The van der Waals surface area contributed by atoms with Gasteiger partial charge in [-0.2, -0.15) is 0 Å². The van der Waals surface area contributed by atoms with E-state index in [0.717, 1.165) is 12.8 Å². The van der Waals surface area contributed by atoms with Crippen molar-refractivity contribution in [2.45, 2.75) is 55.8 Å². The molecule has 0 heterocycles. The Bertz CT molecular complexity index is 358. The summed E-state index contributed by atoms with van der Waals surface area (Å²) >= 11 is 0. The minimum atomic E-state index is -0.104. The number of aliphatic hydroxyl groups excluding tert-OH is 1. The predicted molar refractivity (Wildman–Crippen MR) is 77.6 cm³/mol. The van der Waals surface area contributed by atoms with Gasteiger partial charge in [-0.15, -0.1) is 0 Å². The third-order valence-electron chi connectivity index (χ3n) is 3.13. The fourth-order valence-electron chi connectivity index (χ4n) is 2.29. The number of aliphatic hydroxyl groups is 1. The van der Waals surface area contributed by atoms with Crippen molar-refractivity contribution in [3.63, 3.8) is 0 Å². The maximum Gasteiger partial charge on any atom is 0.0667 e. The highest BCUT2D eigenvalue weighted by Crippen LogP contribution is 2.40. The van der Waals surface area contributed by atoms with Gasteiger partial charge in [-0.25, -0.2) is 0 Å². The van der Waals surface area contributed by atoms with Crippen molar-refractivity contribution in [1.29, 1.82) is 0 Å². The highest BCUT2D eigenvalue weighted by Gasteiger charge is 2.23. The average molecular weight is 268 g/mol. The summed E-state index contributed by atoms with van der Waals surface area (Å²) in [4.78, 5) is 1.31. The molecule has 2 atom stereocenters. The number of rotatable bonds is 3. The van der Waals surface area contributed by atoms with Gasteiger partial charge in [0.25, 0.3) is 0 Å². The molecule has 0 radical (unpaired) electrons. The zero-order valence-corrected chi connectivity index (χ0v) is 12.1. The van der Waals surface area contributed by atoms with Crippen molar-refractivity contribution in [2.24, 2.45) is 0 Å². The van der Waals surface area contributed by atoms with E-state index in [2.05, 4.69) is 32.0 Å². The van der Waals surface area contributed by atoms with Crippen molar-refractivity contribution in [1.82, 2.24) is 0 Å². The Morgan fingerprint density at radius 2 is 1.71 bits per heavy atom. The lowest BCUT2D eigenvalue weighted by Gasteiger charge is -2.26. The summed E-state index contributed by atoms with van der Waals surface area (Å²) in [5.41, 5.74) is 2.63. The van der Waals surface area contributed by atoms with Gasteiger partial charge in [0.15, 0.2) is 0 Å². The fraction of sp³-hybridized carbons (Fsp3) is 0.571. The molecule has 0 amide bonds. The molecule has 94 valence electrons. The van der Waals surface area contributed by atoms with Crippen LogP contribution in [-0.4, -0.2) is 16.5 Å². The summed E-state index contributed by atoms with van der Waals surface area (Å²) < 4.78 is 0. The van der Waals surface area contributed by atoms with Crippen LogP contribution in [-0.2, 0) is 0 Å². The first-order valence-electron chi connectivity index (χ1n) is 6.25. The Labute approximate surface area is 112 Å². The fourth-order valence-corrected chi connectivity index (χ4v) is 5.18. The largest absolute Gasteiger partial charge is 0.392 e. The van der Waals surface area contributed by atoms with Gasteiger partial charge in [-0.05, 0) is 49.9 Å². The summed E-state index contributed by atoms with van der Waals surface area (Å²) in [7, 11) is 3.66. The molecule has 0 spiro atoms. The smallest absolute Gasteiger partial charge is 0.0667 e. The molecule has 2 rings (SSSR count). The molecule has 1 aliphatic carbocycles. The molecular formula is C14H20OS2. The first kappa shape index (κ1) is 13.3. The van der Waals surface area contributed by atoms with E-state index in [1.807, 2.05) is 21.6 Å². The molecule has 17 heavy (non-hydrogen) atoms. The second kappa shape index (κ2) is 6.17. The van der Waals surface area contributed by atoms with E-state index in [-0.39, 0.29) is 6.10 Å². The first-order chi connectivity index (χ1) is 8.15. The minimum absolute atomic E-state index is 0.104. The Morgan fingerprint density at radius 1 is 1.06 bits per heavy atom. The van der Waals surface area contributed by atoms with Crippen LogP contribution in [0.1, 0.15) is 36.8 Å². The molecule has 1 nitrogen and oxygen atoms in total. The molecule has 0 bridgehead atoms. The van der Waals surface area contributed by atoms with Crippen LogP contribution in [0, 0.1) is 13.8 Å². The van der Waals surface area contributed by atoms with E-state index >= 15 is 0 Å². The Balaban J connectivity index is 1.92. The van der Waals surface area contributed by atoms with E-state index < -0.39 is 0 Å². The Hall–Kier alpha value is -0.120. The van der Waals surface area contributed by atoms with Gasteiger partial charge in [0, 0.05) is 10.1 Å². The molecule has 0 aliphatic heterocycles. The van der Waals surface area contributed by atoms with Gasteiger partial charge < -0.3 is 5.11 Å². The molecule has 3 heteroatoms. The van der Waals surface area contributed by atoms with Gasteiger partial charge in [0.2, 0.25) is 0 Å². The number of hydrogen-bond acceptors (Lipinski definition) is 3. The van der Waals surface area contributed by atoms with Crippen LogP contribution in [0.2, 0.25) is 0 Å². The van der Waals surface area contributed by atoms with Crippen molar-refractivity contribution in [3.8, 4) is 0 Å². The van der Waals surface area contributed by atoms with Gasteiger partial charge in [-0.1, -0.05) is 40.5 Å². The maximum absolute atomic E-state index is 9.92. The molecule has 1 aliphatic rings. The lowest BCUT2D eigenvalue weighted by molar-refractivity contribution is 0.137. The Kier molecular flexibility index (Phi) is 4.83. The standard InChI is InChI=1S/C14H20OS2/c1-10-7-11(2)9-12(8-10)16-17-14-6-4-3-5-13(14)15/h7-9,13-15H,3-6H2,1-2H3/t13-,14-/m1/s1. The number of hydrogen-bond donors (Lipinski definition) is 1. The van der Waals surface area contributed by atoms with Crippen LogP contribution in [0.3, 0.4) is 0 Å². The van der Waals surface area contributed by atoms with Gasteiger partial charge in [0.1, 0.15) is 0 Å². The topological polar surface area (TPSA) is 20.2 Å². The Morgan fingerprint density at radius 3 is 2.35 bits per heavy atom. The molecule has 0 saturated heterocycles. The summed E-state index contributed by atoms with van der Waals surface area (Å²) in [5.74, 6) is 0. The van der Waals surface area contributed by atoms with E-state index in [1.165, 1.54) is 28.9 Å². The summed E-state index contributed by atoms with van der Waals surface area (Å²) in [6.45, 7) is 4.27. The minimum Gasteiger partial charge on any atom is -0.392 e. The molecule has 1 aromatic carbocycles. The van der Waals surface area contributed by atoms with E-state index in [4.69, 9.17) is 0 Å². The molecule has 0 unspecified atom stereocenters. The van der Waals surface area contributed by atoms with Crippen molar-refractivity contribution >= 4 is 21.6 Å². The highest BCUT2D eigenvalue weighted by atomic mass is 33.1. The summed E-state index contributed by atoms with van der Waals surface area (Å²) in [6.07, 6.45) is 4.48. The summed E-state index contributed by atoms with van der Waals surface area (Å²) in [5, 5.41) is 10.3. The van der Waals surface area contributed by atoms with Crippen LogP contribution in [0.15, 0.2) is 23.1 Å². The van der Waals surface area contributed by atoms with Crippen LogP contribution in [0.25, 0.3) is 0 Å². The monoisotopic (exact) mass is 268 g/mol. The normalized spacial score (nSPS) is 24.9. The average Bonchev–Trinajstić information content (AvgIpc) is 2.27. The van der Waals surface area contributed by atoms with Crippen LogP contribution < -0.4 is 0 Å². The second-order valence-electron chi connectivity index (χ2n) is 4.89. The van der Waals surface area contributed by atoms with Gasteiger partial charge >= 0.3 is 0 Å². The number of benzene rings is 1. The third kappa shape index (κ3) is 3.94. The molecular weight excluding hydrogens is 248 g/mol. The van der Waals surface area contributed by atoms with Crippen molar-refractivity contribution in [3.05, 3.63) is 29.3 Å². The third-order valence-corrected chi connectivity index (χ3v) is 6.06. The van der Waals surface area contributed by atoms with E-state index in [1.54, 1.807) is 0 Å².